The number of fused-ring (bicyclic) bond motifs is 1. The number of nitrogens with one attached hydrogen (secondary N) is 1. The first-order chi connectivity index (χ1) is 10.9. The first kappa shape index (κ1) is 13.8. The van der Waals surface area contributed by atoms with Gasteiger partial charge in [-0.2, -0.15) is 0 Å². The van der Waals surface area contributed by atoms with Gasteiger partial charge in [-0.1, -0.05) is 6.07 Å². The van der Waals surface area contributed by atoms with E-state index in [9.17, 15) is 0 Å². The second kappa shape index (κ2) is 6.10. The number of ether oxygens (including phenoxy) is 1. The van der Waals surface area contributed by atoms with Gasteiger partial charge in [-0.3, -0.25) is 4.90 Å². The summed E-state index contributed by atoms with van der Waals surface area (Å²) >= 11 is 1.53. The minimum atomic E-state index is 0.317. The maximum Gasteiger partial charge on any atom is 0.129 e. The quantitative estimate of drug-likeness (QED) is 0.799. The van der Waals surface area contributed by atoms with Gasteiger partial charge in [0.1, 0.15) is 11.9 Å². The molecular weight excluding hydrogens is 294 g/mol. The Morgan fingerprint density at radius 2 is 2.18 bits per heavy atom. The minimum Gasteiger partial charge on any atom is -0.490 e. The lowest BCUT2D eigenvalue weighted by atomic mass is 10.1. The van der Waals surface area contributed by atoms with Gasteiger partial charge >= 0.3 is 0 Å². The Morgan fingerprint density at radius 3 is 3.00 bits per heavy atom. The highest BCUT2D eigenvalue weighted by atomic mass is 32.1. The summed E-state index contributed by atoms with van der Waals surface area (Å²) < 4.78 is 10.4. The van der Waals surface area contributed by atoms with E-state index in [0.717, 1.165) is 43.7 Å². The number of nitrogens with zero attached hydrogens (tertiary/aromatic N) is 2. The third kappa shape index (κ3) is 2.87. The zero-order valence-corrected chi connectivity index (χ0v) is 13.2. The van der Waals surface area contributed by atoms with Crippen LogP contribution in [0.5, 0.6) is 5.75 Å². The number of hydrogen-bond donors (Lipinski definition) is 1. The van der Waals surface area contributed by atoms with Crippen LogP contribution in [0.25, 0.3) is 10.9 Å². The van der Waals surface area contributed by atoms with Crippen LogP contribution in [0, 0.1) is 0 Å². The molecule has 0 radical (unpaired) electrons. The predicted molar refractivity (Wildman–Crippen MR) is 89.3 cm³/mol. The van der Waals surface area contributed by atoms with E-state index in [1.54, 1.807) is 0 Å². The molecule has 1 aliphatic heterocycles. The fraction of sp³-hybridized carbons (Fsp3) is 0.353. The summed E-state index contributed by atoms with van der Waals surface area (Å²) in [6.45, 7) is 3.18. The molecule has 4 rings (SSSR count). The van der Waals surface area contributed by atoms with E-state index < -0.39 is 0 Å². The Morgan fingerprint density at radius 1 is 1.27 bits per heavy atom. The van der Waals surface area contributed by atoms with Crippen LogP contribution in [-0.2, 0) is 6.54 Å². The van der Waals surface area contributed by atoms with Crippen LogP contribution in [0.2, 0.25) is 0 Å². The van der Waals surface area contributed by atoms with Crippen molar-refractivity contribution in [2.75, 3.05) is 13.1 Å². The van der Waals surface area contributed by atoms with Crippen molar-refractivity contribution in [3.8, 4) is 5.75 Å². The standard InChI is InChI=1S/C17H19N3OS/c1-2-16-15(4-7-18-16)17(3-1)21-14-5-8-20(9-6-14)11-13-10-19-22-12-13/h1-4,7,10,12,14,18H,5-6,8-9,11H2. The number of rotatable bonds is 4. The first-order valence-corrected chi connectivity index (χ1v) is 8.55. The van der Waals surface area contributed by atoms with E-state index in [2.05, 4.69) is 37.8 Å². The number of hydrogen-bond acceptors (Lipinski definition) is 4. The molecule has 1 saturated heterocycles. The number of benzene rings is 1. The Hall–Kier alpha value is -1.85. The van der Waals surface area contributed by atoms with Crippen molar-refractivity contribution in [1.82, 2.24) is 14.3 Å². The molecule has 0 bridgehead atoms. The van der Waals surface area contributed by atoms with Crippen LogP contribution in [0.3, 0.4) is 0 Å². The first-order valence-electron chi connectivity index (χ1n) is 7.72. The summed E-state index contributed by atoms with van der Waals surface area (Å²) in [5.74, 6) is 0.999. The van der Waals surface area contributed by atoms with Crippen molar-refractivity contribution >= 4 is 22.4 Å². The number of aromatic amines is 1. The van der Waals surface area contributed by atoms with Crippen LogP contribution in [0.1, 0.15) is 18.4 Å². The summed E-state index contributed by atoms with van der Waals surface area (Å²) in [5.41, 5.74) is 2.46. The van der Waals surface area contributed by atoms with Gasteiger partial charge in [0, 0.05) is 48.3 Å². The van der Waals surface area contributed by atoms with Crippen molar-refractivity contribution in [2.45, 2.75) is 25.5 Å². The molecule has 3 aromatic rings. The molecule has 0 aliphatic carbocycles. The fourth-order valence-electron chi connectivity index (χ4n) is 3.09. The zero-order chi connectivity index (χ0) is 14.8. The van der Waals surface area contributed by atoms with E-state index in [1.807, 2.05) is 18.5 Å². The average Bonchev–Trinajstić information content (AvgIpc) is 3.21. The van der Waals surface area contributed by atoms with Crippen molar-refractivity contribution < 1.29 is 4.74 Å². The Bertz CT molecular complexity index is 729. The molecular formula is C17H19N3OS. The van der Waals surface area contributed by atoms with Gasteiger partial charge in [0.2, 0.25) is 0 Å². The lowest BCUT2D eigenvalue weighted by Gasteiger charge is -2.32. The van der Waals surface area contributed by atoms with Crippen LogP contribution in [-0.4, -0.2) is 33.5 Å². The monoisotopic (exact) mass is 313 g/mol. The highest BCUT2D eigenvalue weighted by Gasteiger charge is 2.21. The SMILES string of the molecule is c1cc(OC2CCN(Cc3cnsc3)CC2)c2cc[nH]c2c1. The molecule has 0 unspecified atom stereocenters. The van der Waals surface area contributed by atoms with Gasteiger partial charge in [0.15, 0.2) is 0 Å². The highest BCUT2D eigenvalue weighted by molar-refractivity contribution is 7.03. The predicted octanol–water partition coefficient (Wildman–Crippen LogP) is 3.67. The van der Waals surface area contributed by atoms with Gasteiger partial charge in [0.05, 0.1) is 0 Å². The molecule has 0 amide bonds. The molecule has 1 aromatic carbocycles. The third-order valence-electron chi connectivity index (χ3n) is 4.27. The molecule has 22 heavy (non-hydrogen) atoms. The molecule has 0 spiro atoms. The largest absolute Gasteiger partial charge is 0.490 e. The van der Waals surface area contributed by atoms with E-state index >= 15 is 0 Å². The van der Waals surface area contributed by atoms with E-state index in [4.69, 9.17) is 4.74 Å². The number of piperidine rings is 1. The normalized spacial score (nSPS) is 17.1. The van der Waals surface area contributed by atoms with Crippen molar-refractivity contribution in [1.29, 1.82) is 0 Å². The van der Waals surface area contributed by atoms with Gasteiger partial charge in [-0.15, -0.1) is 0 Å². The van der Waals surface area contributed by atoms with E-state index in [-0.39, 0.29) is 0 Å². The van der Waals surface area contributed by atoms with Gasteiger partial charge in [0.25, 0.3) is 0 Å². The average molecular weight is 313 g/mol. The summed E-state index contributed by atoms with van der Waals surface area (Å²) in [7, 11) is 0. The Balaban J connectivity index is 1.37. The summed E-state index contributed by atoms with van der Waals surface area (Å²) in [6, 6.07) is 8.29. The molecule has 0 atom stereocenters. The Labute approximate surface area is 133 Å². The number of H-pyrrole nitrogens is 1. The lowest BCUT2D eigenvalue weighted by molar-refractivity contribution is 0.0980. The van der Waals surface area contributed by atoms with Crippen LogP contribution in [0.15, 0.2) is 42.0 Å². The zero-order valence-electron chi connectivity index (χ0n) is 12.4. The van der Waals surface area contributed by atoms with E-state index in [1.165, 1.54) is 22.5 Å². The molecule has 1 N–H and O–H groups in total. The fourth-order valence-corrected chi connectivity index (χ4v) is 3.62. The molecule has 4 nitrogen and oxygen atoms in total. The van der Waals surface area contributed by atoms with Gasteiger partial charge < -0.3 is 9.72 Å². The second-order valence-corrected chi connectivity index (χ2v) is 6.48. The highest BCUT2D eigenvalue weighted by Crippen LogP contribution is 2.27. The smallest absolute Gasteiger partial charge is 0.129 e. The number of likely N-dealkylation sites (tertiary alicyclic amines) is 1. The van der Waals surface area contributed by atoms with Crippen LogP contribution in [0.4, 0.5) is 0 Å². The van der Waals surface area contributed by atoms with Crippen molar-refractivity contribution in [3.63, 3.8) is 0 Å². The molecule has 114 valence electrons. The maximum absolute atomic E-state index is 6.25. The van der Waals surface area contributed by atoms with E-state index in [0.29, 0.717) is 6.10 Å². The molecule has 1 aliphatic rings. The minimum absolute atomic E-state index is 0.317. The summed E-state index contributed by atoms with van der Waals surface area (Å²) in [5, 5.41) is 3.31. The number of aromatic nitrogens is 2. The van der Waals surface area contributed by atoms with Crippen molar-refractivity contribution in [2.24, 2.45) is 0 Å². The molecule has 0 saturated carbocycles. The van der Waals surface area contributed by atoms with Crippen molar-refractivity contribution in [3.05, 3.63) is 47.6 Å². The summed E-state index contributed by atoms with van der Waals surface area (Å²) in [4.78, 5) is 5.72. The van der Waals surface area contributed by atoms with Gasteiger partial charge in [-0.05, 0) is 48.1 Å². The molecule has 3 heterocycles. The molecule has 2 aromatic heterocycles. The molecule has 5 heteroatoms. The van der Waals surface area contributed by atoms with Crippen LogP contribution >= 0.6 is 11.5 Å². The summed E-state index contributed by atoms with van der Waals surface area (Å²) in [6.07, 6.45) is 6.42. The topological polar surface area (TPSA) is 41.1 Å². The second-order valence-electron chi connectivity index (χ2n) is 5.82. The molecule has 1 fully saturated rings. The van der Waals surface area contributed by atoms with Crippen LogP contribution < -0.4 is 4.74 Å². The Kier molecular flexibility index (Phi) is 3.83. The third-order valence-corrected chi connectivity index (χ3v) is 4.91. The maximum atomic E-state index is 6.25. The lowest BCUT2D eigenvalue weighted by Crippen LogP contribution is -2.37. The van der Waals surface area contributed by atoms with Gasteiger partial charge in [-0.25, -0.2) is 4.37 Å².